The van der Waals surface area contributed by atoms with Crippen LogP contribution in [0.25, 0.3) is 0 Å². The minimum Gasteiger partial charge on any atom is -0.463 e. The summed E-state index contributed by atoms with van der Waals surface area (Å²) in [6, 6.07) is 0.422. The highest BCUT2D eigenvalue weighted by atomic mass is 16.5. The summed E-state index contributed by atoms with van der Waals surface area (Å²) in [6.07, 6.45) is 2.31. The van der Waals surface area contributed by atoms with Crippen LogP contribution in [-0.2, 0) is 9.53 Å². The molecule has 0 N–H and O–H groups in total. The summed E-state index contributed by atoms with van der Waals surface area (Å²) in [5, 5.41) is 0. The number of carbonyl (C=O) groups is 1. The normalized spacial score (nSPS) is 26.5. The molecule has 6 nitrogen and oxygen atoms in total. The van der Waals surface area contributed by atoms with E-state index in [-0.39, 0.29) is 12.0 Å². The maximum atomic E-state index is 12.5. The number of hydrogen-bond acceptors (Lipinski definition) is 6. The van der Waals surface area contributed by atoms with Crippen molar-refractivity contribution in [3.63, 3.8) is 0 Å². The number of rotatable bonds is 5. The third kappa shape index (κ3) is 4.91. The first-order valence-electron chi connectivity index (χ1n) is 8.41. The molecule has 2 heterocycles. The molecule has 2 aliphatic rings. The topological polar surface area (TPSA) is 39.3 Å². The van der Waals surface area contributed by atoms with Crippen LogP contribution in [0.3, 0.4) is 0 Å². The molecule has 0 aromatic heterocycles. The van der Waals surface area contributed by atoms with Gasteiger partial charge in [-0.1, -0.05) is 0 Å². The molecule has 0 amide bonds. The van der Waals surface area contributed by atoms with Crippen LogP contribution >= 0.6 is 0 Å². The summed E-state index contributed by atoms with van der Waals surface area (Å²) in [5.41, 5.74) is 0. The van der Waals surface area contributed by atoms with Gasteiger partial charge in [-0.25, -0.2) is 0 Å². The number of hydrogen-bond donors (Lipinski definition) is 0. The molecule has 0 bridgehead atoms. The first kappa shape index (κ1) is 17.7. The first-order chi connectivity index (χ1) is 10.5. The molecular formula is C16H32N4O2. The Kier molecular flexibility index (Phi) is 6.62. The van der Waals surface area contributed by atoms with Crippen LogP contribution in [-0.4, -0.2) is 112 Å². The van der Waals surface area contributed by atoms with Gasteiger partial charge in [-0.2, -0.15) is 0 Å². The van der Waals surface area contributed by atoms with Crippen molar-refractivity contribution in [2.75, 3.05) is 74.1 Å². The fraction of sp³-hybridized carbons (Fsp3) is 0.938. The van der Waals surface area contributed by atoms with E-state index in [0.29, 0.717) is 12.6 Å². The number of piperidine rings is 1. The molecule has 0 radical (unpaired) electrons. The van der Waals surface area contributed by atoms with Gasteiger partial charge in [-0.15, -0.1) is 0 Å². The Balaban J connectivity index is 1.92. The van der Waals surface area contributed by atoms with Crippen LogP contribution < -0.4 is 0 Å². The van der Waals surface area contributed by atoms with E-state index in [1.807, 2.05) is 19.0 Å². The molecule has 128 valence electrons. The van der Waals surface area contributed by atoms with Gasteiger partial charge in [0.2, 0.25) is 0 Å². The molecule has 0 aromatic carbocycles. The summed E-state index contributed by atoms with van der Waals surface area (Å²) in [7, 11) is 8.25. The zero-order valence-electron chi connectivity index (χ0n) is 14.6. The van der Waals surface area contributed by atoms with Gasteiger partial charge in [0.1, 0.15) is 12.6 Å². The van der Waals surface area contributed by atoms with Crippen molar-refractivity contribution in [2.24, 2.45) is 0 Å². The fourth-order valence-corrected chi connectivity index (χ4v) is 3.33. The largest absolute Gasteiger partial charge is 0.463 e. The van der Waals surface area contributed by atoms with Crippen LogP contribution in [0, 0.1) is 0 Å². The Hall–Kier alpha value is -0.690. The molecule has 0 aromatic rings. The van der Waals surface area contributed by atoms with Crippen molar-refractivity contribution in [1.29, 1.82) is 0 Å². The number of nitrogens with zero attached hydrogens (tertiary/aromatic N) is 4. The van der Waals surface area contributed by atoms with Crippen molar-refractivity contribution in [3.05, 3.63) is 0 Å². The fourth-order valence-electron chi connectivity index (χ4n) is 3.33. The van der Waals surface area contributed by atoms with Crippen LogP contribution in [0.1, 0.15) is 12.8 Å². The second kappa shape index (κ2) is 8.24. The van der Waals surface area contributed by atoms with Crippen LogP contribution in [0.2, 0.25) is 0 Å². The monoisotopic (exact) mass is 312 g/mol. The predicted octanol–water partition coefficient (Wildman–Crippen LogP) is -0.199. The molecular weight excluding hydrogens is 280 g/mol. The Morgan fingerprint density at radius 3 is 2.41 bits per heavy atom. The van der Waals surface area contributed by atoms with E-state index >= 15 is 0 Å². The van der Waals surface area contributed by atoms with E-state index in [1.54, 1.807) is 0 Å². The number of piperazine rings is 1. The number of esters is 1. The molecule has 0 saturated carbocycles. The summed E-state index contributed by atoms with van der Waals surface area (Å²) >= 11 is 0. The van der Waals surface area contributed by atoms with E-state index in [4.69, 9.17) is 4.74 Å². The van der Waals surface area contributed by atoms with Gasteiger partial charge >= 0.3 is 5.97 Å². The smallest absolute Gasteiger partial charge is 0.324 e. The summed E-state index contributed by atoms with van der Waals surface area (Å²) in [4.78, 5) is 21.6. The molecule has 2 rings (SSSR count). The average molecular weight is 312 g/mol. The van der Waals surface area contributed by atoms with E-state index in [0.717, 1.165) is 52.1 Å². The molecule has 1 atom stereocenters. The van der Waals surface area contributed by atoms with Crippen molar-refractivity contribution in [1.82, 2.24) is 19.6 Å². The van der Waals surface area contributed by atoms with Crippen molar-refractivity contribution < 1.29 is 9.53 Å². The molecule has 22 heavy (non-hydrogen) atoms. The highest BCUT2D eigenvalue weighted by molar-refractivity contribution is 5.76. The minimum atomic E-state index is -0.102. The maximum Gasteiger partial charge on any atom is 0.324 e. The zero-order chi connectivity index (χ0) is 16.1. The lowest BCUT2D eigenvalue weighted by molar-refractivity contribution is -0.154. The summed E-state index contributed by atoms with van der Waals surface area (Å²) < 4.78 is 5.52. The second-order valence-corrected chi connectivity index (χ2v) is 7.02. The number of ether oxygens (including phenoxy) is 1. The van der Waals surface area contributed by atoms with Gasteiger partial charge in [0, 0.05) is 32.2 Å². The highest BCUT2D eigenvalue weighted by Gasteiger charge is 2.37. The van der Waals surface area contributed by atoms with E-state index in [1.165, 1.54) is 0 Å². The van der Waals surface area contributed by atoms with Gasteiger partial charge in [0.05, 0.1) is 0 Å². The van der Waals surface area contributed by atoms with Crippen LogP contribution in [0.4, 0.5) is 0 Å². The number of likely N-dealkylation sites (N-methyl/N-ethyl adjacent to an activating group) is 2. The number of carbonyl (C=O) groups excluding carboxylic acids is 1. The Morgan fingerprint density at radius 1 is 1.09 bits per heavy atom. The highest BCUT2D eigenvalue weighted by Crippen LogP contribution is 2.21. The van der Waals surface area contributed by atoms with Gasteiger partial charge in [-0.3, -0.25) is 9.69 Å². The standard InChI is InChI=1S/C16H32N4O2/c1-17(2)11-12-22-16(21)15-13-19(4)9-10-20(15)14-5-7-18(3)8-6-14/h14-15H,5-13H2,1-4H3. The zero-order valence-corrected chi connectivity index (χ0v) is 14.6. The minimum absolute atomic E-state index is 0.0488. The number of likely N-dealkylation sites (tertiary alicyclic amines) is 1. The molecule has 2 saturated heterocycles. The van der Waals surface area contributed by atoms with Crippen LogP contribution in [0.5, 0.6) is 0 Å². The molecule has 2 fully saturated rings. The lowest BCUT2D eigenvalue weighted by Gasteiger charge is -2.45. The second-order valence-electron chi connectivity index (χ2n) is 7.02. The molecule has 6 heteroatoms. The van der Waals surface area contributed by atoms with Crippen molar-refractivity contribution in [3.8, 4) is 0 Å². The first-order valence-corrected chi connectivity index (χ1v) is 8.41. The molecule has 1 unspecified atom stereocenters. The van der Waals surface area contributed by atoms with Gasteiger partial charge in [0.25, 0.3) is 0 Å². The molecule has 2 aliphatic heterocycles. The Labute approximate surface area is 135 Å². The van der Waals surface area contributed by atoms with Gasteiger partial charge in [-0.05, 0) is 54.1 Å². The van der Waals surface area contributed by atoms with Crippen molar-refractivity contribution >= 4 is 5.97 Å². The van der Waals surface area contributed by atoms with E-state index in [9.17, 15) is 4.79 Å². The summed E-state index contributed by atoms with van der Waals surface area (Å²) in [6.45, 7) is 6.30. The Morgan fingerprint density at radius 2 is 1.77 bits per heavy atom. The maximum absolute atomic E-state index is 12.5. The lowest BCUT2D eigenvalue weighted by Crippen LogP contribution is -2.60. The molecule has 0 aliphatic carbocycles. The third-order valence-corrected chi connectivity index (χ3v) is 4.84. The van der Waals surface area contributed by atoms with Crippen LogP contribution in [0.15, 0.2) is 0 Å². The van der Waals surface area contributed by atoms with Gasteiger partial charge in [0.15, 0.2) is 0 Å². The molecule has 0 spiro atoms. The average Bonchev–Trinajstić information content (AvgIpc) is 2.47. The van der Waals surface area contributed by atoms with E-state index < -0.39 is 0 Å². The SMILES string of the molecule is CN(C)CCOC(=O)C1CN(C)CCN1C1CCN(C)CC1. The third-order valence-electron chi connectivity index (χ3n) is 4.84. The summed E-state index contributed by atoms with van der Waals surface area (Å²) in [5.74, 6) is -0.0488. The Bertz CT molecular complexity index is 356. The quantitative estimate of drug-likeness (QED) is 0.655. The predicted molar refractivity (Wildman–Crippen MR) is 88.0 cm³/mol. The van der Waals surface area contributed by atoms with Gasteiger partial charge < -0.3 is 19.4 Å². The van der Waals surface area contributed by atoms with E-state index in [2.05, 4.69) is 28.8 Å². The van der Waals surface area contributed by atoms with Crippen molar-refractivity contribution in [2.45, 2.75) is 24.9 Å². The lowest BCUT2D eigenvalue weighted by atomic mass is 9.99.